The number of hydrogen-bond acceptors (Lipinski definition) is 6. The lowest BCUT2D eigenvalue weighted by molar-refractivity contribution is 0.0450. The fourth-order valence-corrected chi connectivity index (χ4v) is 3.74. The minimum Gasteiger partial charge on any atom is -0.495 e. The summed E-state index contributed by atoms with van der Waals surface area (Å²) in [5.41, 5.74) is 0.0618. The van der Waals surface area contributed by atoms with E-state index in [1.54, 1.807) is 13.8 Å². The molecule has 0 fully saturated rings. The predicted molar refractivity (Wildman–Crippen MR) is 101 cm³/mol. The normalized spacial score (nSPS) is 11.3. The molecule has 9 heteroatoms. The van der Waals surface area contributed by atoms with Gasteiger partial charge in [-0.05, 0) is 56.3 Å². The van der Waals surface area contributed by atoms with E-state index in [9.17, 15) is 17.6 Å². The van der Waals surface area contributed by atoms with Crippen molar-refractivity contribution in [3.63, 3.8) is 0 Å². The Kier molecular flexibility index (Phi) is 7.36. The second kappa shape index (κ2) is 9.52. The highest BCUT2D eigenvalue weighted by Crippen LogP contribution is 2.25. The van der Waals surface area contributed by atoms with Crippen LogP contribution >= 0.6 is 0 Å². The summed E-state index contributed by atoms with van der Waals surface area (Å²) in [6.45, 7) is 3.37. The molecule has 0 aliphatic rings. The molecule has 152 valence electrons. The maximum absolute atomic E-state index is 12.8. The van der Waals surface area contributed by atoms with Gasteiger partial charge in [0.2, 0.25) is 10.0 Å². The molecular weight excluding hydrogens is 389 g/mol. The van der Waals surface area contributed by atoms with Crippen molar-refractivity contribution >= 4 is 16.0 Å². The first kappa shape index (κ1) is 21.6. The third-order valence-electron chi connectivity index (χ3n) is 3.48. The van der Waals surface area contributed by atoms with Gasteiger partial charge in [0, 0.05) is 6.04 Å². The minimum absolute atomic E-state index is 0.0609. The molecule has 0 aliphatic heterocycles. The largest absolute Gasteiger partial charge is 0.495 e. The van der Waals surface area contributed by atoms with Crippen molar-refractivity contribution in [3.05, 3.63) is 53.8 Å². The van der Waals surface area contributed by atoms with E-state index in [1.165, 1.54) is 49.6 Å². The highest BCUT2D eigenvalue weighted by molar-refractivity contribution is 7.89. The average molecular weight is 411 g/mol. The van der Waals surface area contributed by atoms with Gasteiger partial charge in [-0.15, -0.1) is 0 Å². The lowest BCUT2D eigenvalue weighted by Crippen LogP contribution is -2.30. The number of carbonyl (C=O) groups excluding carboxylic acids is 1. The highest BCUT2D eigenvalue weighted by atomic mass is 32.2. The Morgan fingerprint density at radius 3 is 2.39 bits per heavy atom. The zero-order valence-electron chi connectivity index (χ0n) is 15.8. The highest BCUT2D eigenvalue weighted by Gasteiger charge is 2.22. The quantitative estimate of drug-likeness (QED) is 0.504. The molecule has 0 saturated heterocycles. The first-order valence-electron chi connectivity index (χ1n) is 8.49. The van der Waals surface area contributed by atoms with Gasteiger partial charge in [-0.25, -0.2) is 22.3 Å². The zero-order valence-corrected chi connectivity index (χ0v) is 16.6. The van der Waals surface area contributed by atoms with Crippen molar-refractivity contribution in [3.8, 4) is 11.5 Å². The molecule has 28 heavy (non-hydrogen) atoms. The molecule has 0 radical (unpaired) electrons. The van der Waals surface area contributed by atoms with Crippen LogP contribution < -0.4 is 14.2 Å². The maximum Gasteiger partial charge on any atom is 0.338 e. The van der Waals surface area contributed by atoms with Crippen molar-refractivity contribution in [2.75, 3.05) is 20.3 Å². The molecule has 2 aromatic carbocycles. The number of hydrogen-bond donors (Lipinski definition) is 1. The van der Waals surface area contributed by atoms with E-state index in [0.29, 0.717) is 5.75 Å². The fraction of sp³-hybridized carbons (Fsp3) is 0.316. The number of carbonyl (C=O) groups is 1. The average Bonchev–Trinajstić information content (AvgIpc) is 2.65. The third-order valence-corrected chi connectivity index (χ3v) is 5.16. The maximum atomic E-state index is 12.8. The topological polar surface area (TPSA) is 90.9 Å². The molecule has 0 aromatic heterocycles. The van der Waals surface area contributed by atoms with Crippen LogP contribution in [0.5, 0.6) is 11.5 Å². The number of sulfonamides is 1. The van der Waals surface area contributed by atoms with Gasteiger partial charge in [0.1, 0.15) is 35.4 Å². The first-order chi connectivity index (χ1) is 13.2. The third kappa shape index (κ3) is 5.93. The van der Waals surface area contributed by atoms with Crippen molar-refractivity contribution in [1.29, 1.82) is 0 Å². The van der Waals surface area contributed by atoms with E-state index in [4.69, 9.17) is 14.2 Å². The molecule has 0 amide bonds. The Morgan fingerprint density at radius 2 is 1.79 bits per heavy atom. The Labute approximate surface area is 163 Å². The molecule has 0 bridgehead atoms. The van der Waals surface area contributed by atoms with E-state index < -0.39 is 16.0 Å². The Bertz CT molecular complexity index is 913. The van der Waals surface area contributed by atoms with Gasteiger partial charge in [-0.1, -0.05) is 0 Å². The number of methoxy groups -OCH3 is 1. The second-order valence-corrected chi connectivity index (χ2v) is 7.76. The molecule has 0 spiro atoms. The minimum atomic E-state index is -3.86. The molecule has 1 N–H and O–H groups in total. The van der Waals surface area contributed by atoms with Crippen molar-refractivity contribution in [2.45, 2.75) is 24.8 Å². The molecular formula is C19H22FNO6S. The Morgan fingerprint density at radius 1 is 1.11 bits per heavy atom. The number of rotatable bonds is 9. The van der Waals surface area contributed by atoms with Gasteiger partial charge in [-0.3, -0.25) is 0 Å². The SMILES string of the molecule is COc1ccc(C(=O)OCCOc2ccc(F)cc2)cc1S(=O)(=O)NC(C)C. The van der Waals surface area contributed by atoms with Gasteiger partial charge in [0.15, 0.2) is 0 Å². The molecule has 2 rings (SSSR count). The summed E-state index contributed by atoms with van der Waals surface area (Å²) in [4.78, 5) is 12.1. The summed E-state index contributed by atoms with van der Waals surface area (Å²) < 4.78 is 55.7. The Hall–Kier alpha value is -2.65. The van der Waals surface area contributed by atoms with Crippen LogP contribution in [0.1, 0.15) is 24.2 Å². The lowest BCUT2D eigenvalue weighted by atomic mass is 10.2. The van der Waals surface area contributed by atoms with Crippen molar-refractivity contribution < 1.29 is 31.8 Å². The van der Waals surface area contributed by atoms with Gasteiger partial charge in [-0.2, -0.15) is 0 Å². The van der Waals surface area contributed by atoms with Gasteiger partial charge in [0.05, 0.1) is 12.7 Å². The van der Waals surface area contributed by atoms with Crippen LogP contribution in [0.25, 0.3) is 0 Å². The van der Waals surface area contributed by atoms with Crippen LogP contribution in [0.3, 0.4) is 0 Å². The van der Waals surface area contributed by atoms with Crippen molar-refractivity contribution in [1.82, 2.24) is 4.72 Å². The number of esters is 1. The summed E-state index contributed by atoms with van der Waals surface area (Å²) in [5, 5.41) is 0. The molecule has 0 atom stereocenters. The van der Waals surface area contributed by atoms with Crippen LogP contribution in [-0.2, 0) is 14.8 Å². The lowest BCUT2D eigenvalue weighted by Gasteiger charge is -2.14. The Balaban J connectivity index is 2.02. The summed E-state index contributed by atoms with van der Waals surface area (Å²) in [6, 6.07) is 9.11. The second-order valence-electron chi connectivity index (χ2n) is 6.08. The van der Waals surface area contributed by atoms with E-state index in [0.717, 1.165) is 0 Å². The number of halogens is 1. The zero-order chi connectivity index (χ0) is 20.7. The van der Waals surface area contributed by atoms with Gasteiger partial charge < -0.3 is 14.2 Å². The molecule has 0 heterocycles. The first-order valence-corrected chi connectivity index (χ1v) is 9.97. The van der Waals surface area contributed by atoms with E-state index in [-0.39, 0.29) is 41.3 Å². The van der Waals surface area contributed by atoms with Crippen LogP contribution in [-0.4, -0.2) is 40.8 Å². The molecule has 0 unspecified atom stereocenters. The number of benzene rings is 2. The number of nitrogens with one attached hydrogen (secondary N) is 1. The molecule has 0 saturated carbocycles. The smallest absolute Gasteiger partial charge is 0.338 e. The van der Waals surface area contributed by atoms with Crippen LogP contribution in [0.15, 0.2) is 47.4 Å². The summed E-state index contributed by atoms with van der Waals surface area (Å²) in [5.74, 6) is -0.526. The van der Waals surface area contributed by atoms with Crippen LogP contribution in [0, 0.1) is 5.82 Å². The molecule has 0 aliphatic carbocycles. The number of ether oxygens (including phenoxy) is 3. The van der Waals surface area contributed by atoms with E-state index >= 15 is 0 Å². The van der Waals surface area contributed by atoms with Gasteiger partial charge in [0.25, 0.3) is 0 Å². The summed E-state index contributed by atoms with van der Waals surface area (Å²) in [6.07, 6.45) is 0. The standard InChI is InChI=1S/C19H22FNO6S/c1-13(2)21-28(23,24)18-12-14(4-9-17(18)25-3)19(22)27-11-10-26-16-7-5-15(20)6-8-16/h4-9,12-13,21H,10-11H2,1-3H3. The van der Waals surface area contributed by atoms with Crippen LogP contribution in [0.4, 0.5) is 4.39 Å². The summed E-state index contributed by atoms with van der Waals surface area (Å²) >= 11 is 0. The predicted octanol–water partition coefficient (Wildman–Crippen LogP) is 2.76. The van der Waals surface area contributed by atoms with Crippen LogP contribution in [0.2, 0.25) is 0 Å². The fourth-order valence-electron chi connectivity index (χ4n) is 2.30. The molecule has 7 nitrogen and oxygen atoms in total. The van der Waals surface area contributed by atoms with E-state index in [1.807, 2.05) is 0 Å². The monoisotopic (exact) mass is 411 g/mol. The van der Waals surface area contributed by atoms with Gasteiger partial charge >= 0.3 is 5.97 Å². The molecule has 2 aromatic rings. The summed E-state index contributed by atoms with van der Waals surface area (Å²) in [7, 11) is -2.52. The van der Waals surface area contributed by atoms with E-state index in [2.05, 4.69) is 4.72 Å². The van der Waals surface area contributed by atoms with Crippen molar-refractivity contribution in [2.24, 2.45) is 0 Å².